The summed E-state index contributed by atoms with van der Waals surface area (Å²) in [5.74, 6) is 1.36. The Bertz CT molecular complexity index is 648. The zero-order chi connectivity index (χ0) is 16.2. The molecule has 0 bridgehead atoms. The second kappa shape index (κ2) is 6.73. The van der Waals surface area contributed by atoms with E-state index in [9.17, 15) is 4.79 Å². The lowest BCUT2D eigenvalue weighted by molar-refractivity contribution is -0.139. The predicted molar refractivity (Wildman–Crippen MR) is 86.0 cm³/mol. The van der Waals surface area contributed by atoms with Crippen molar-refractivity contribution >= 4 is 11.8 Å². The van der Waals surface area contributed by atoms with Crippen LogP contribution in [-0.4, -0.2) is 35.2 Å². The molecule has 1 fully saturated rings. The average molecular weight is 315 g/mol. The Balaban J connectivity index is 1.53. The van der Waals surface area contributed by atoms with Gasteiger partial charge >= 0.3 is 0 Å². The molecule has 2 aromatic rings. The molecule has 2 heterocycles. The summed E-state index contributed by atoms with van der Waals surface area (Å²) in [5.41, 5.74) is 6.44. The fourth-order valence-electron chi connectivity index (χ4n) is 2.90. The number of carbonyl (C=O) groups is 1. The summed E-state index contributed by atoms with van der Waals surface area (Å²) in [7, 11) is 0. The van der Waals surface area contributed by atoms with Gasteiger partial charge in [-0.1, -0.05) is 23.4 Å². The number of likely N-dealkylation sites (tertiary alicyclic amines) is 1. The highest BCUT2D eigenvalue weighted by molar-refractivity contribution is 5.81. The Morgan fingerprint density at radius 1 is 1.35 bits per heavy atom. The van der Waals surface area contributed by atoms with Crippen LogP contribution in [0.2, 0.25) is 0 Å². The summed E-state index contributed by atoms with van der Waals surface area (Å²) in [5, 5.41) is 3.97. The second-order valence-electron chi connectivity index (χ2n) is 5.83. The van der Waals surface area contributed by atoms with Gasteiger partial charge in [0.25, 0.3) is 5.91 Å². The summed E-state index contributed by atoms with van der Waals surface area (Å²) >= 11 is 0. The van der Waals surface area contributed by atoms with Gasteiger partial charge in [0.1, 0.15) is 5.75 Å². The van der Waals surface area contributed by atoms with Crippen molar-refractivity contribution in [2.24, 2.45) is 0 Å². The van der Waals surface area contributed by atoms with Crippen LogP contribution >= 0.6 is 0 Å². The van der Waals surface area contributed by atoms with Gasteiger partial charge < -0.3 is 19.9 Å². The smallest absolute Gasteiger partial charge is 0.263 e. The lowest BCUT2D eigenvalue weighted by Crippen LogP contribution is -2.44. The van der Waals surface area contributed by atoms with Gasteiger partial charge in [0.05, 0.1) is 5.69 Å². The number of amides is 1. The standard InChI is InChI=1S/C17H21N3O3/c1-12(22-14-5-3-2-4-6-14)17(21)20-9-7-13(8-10-20)15-11-16(18)23-19-15/h2-6,11-13H,7-10,18H2,1H3. The Morgan fingerprint density at radius 3 is 2.65 bits per heavy atom. The number of para-hydroxylation sites is 1. The van der Waals surface area contributed by atoms with Crippen LogP contribution in [0, 0.1) is 0 Å². The number of aromatic nitrogens is 1. The van der Waals surface area contributed by atoms with E-state index in [1.165, 1.54) is 0 Å². The highest BCUT2D eigenvalue weighted by Crippen LogP contribution is 2.28. The Labute approximate surface area is 135 Å². The third-order valence-corrected chi connectivity index (χ3v) is 4.18. The van der Waals surface area contributed by atoms with Gasteiger partial charge in [0.15, 0.2) is 6.10 Å². The molecule has 1 aliphatic heterocycles. The van der Waals surface area contributed by atoms with Gasteiger partial charge in [-0.2, -0.15) is 0 Å². The molecule has 1 amide bonds. The first-order valence-electron chi connectivity index (χ1n) is 7.86. The molecular formula is C17H21N3O3. The monoisotopic (exact) mass is 315 g/mol. The molecule has 1 saturated heterocycles. The molecule has 2 N–H and O–H groups in total. The first kappa shape index (κ1) is 15.4. The molecule has 3 rings (SSSR count). The SMILES string of the molecule is CC(Oc1ccccc1)C(=O)N1CCC(c2cc(N)on2)CC1. The molecule has 1 aromatic heterocycles. The van der Waals surface area contributed by atoms with Gasteiger partial charge in [-0.25, -0.2) is 0 Å². The van der Waals surface area contributed by atoms with E-state index in [0.717, 1.165) is 18.5 Å². The summed E-state index contributed by atoms with van der Waals surface area (Å²) in [6.45, 7) is 3.18. The minimum Gasteiger partial charge on any atom is -0.481 e. The normalized spacial score (nSPS) is 17.0. The molecule has 23 heavy (non-hydrogen) atoms. The summed E-state index contributed by atoms with van der Waals surface area (Å²) in [4.78, 5) is 14.4. The molecule has 1 aromatic carbocycles. The predicted octanol–water partition coefficient (Wildman–Crippen LogP) is 2.43. The van der Waals surface area contributed by atoms with Crippen molar-refractivity contribution in [3.63, 3.8) is 0 Å². The highest BCUT2D eigenvalue weighted by atomic mass is 16.5. The van der Waals surface area contributed by atoms with E-state index < -0.39 is 6.10 Å². The molecular weight excluding hydrogens is 294 g/mol. The fraction of sp³-hybridized carbons (Fsp3) is 0.412. The number of nitrogens with zero attached hydrogens (tertiary/aromatic N) is 2. The van der Waals surface area contributed by atoms with E-state index in [1.807, 2.05) is 35.2 Å². The molecule has 0 saturated carbocycles. The molecule has 0 radical (unpaired) electrons. The van der Waals surface area contributed by atoms with Gasteiger partial charge in [-0.15, -0.1) is 0 Å². The average Bonchev–Trinajstić information content (AvgIpc) is 3.02. The molecule has 6 nitrogen and oxygen atoms in total. The van der Waals surface area contributed by atoms with Crippen LogP contribution in [0.25, 0.3) is 0 Å². The molecule has 1 aliphatic rings. The van der Waals surface area contributed by atoms with Crippen molar-refractivity contribution < 1.29 is 14.1 Å². The third-order valence-electron chi connectivity index (χ3n) is 4.18. The van der Waals surface area contributed by atoms with E-state index in [-0.39, 0.29) is 5.91 Å². The van der Waals surface area contributed by atoms with Gasteiger partial charge in [0.2, 0.25) is 5.88 Å². The first-order valence-corrected chi connectivity index (χ1v) is 7.86. The number of nitrogen functional groups attached to an aromatic ring is 1. The minimum atomic E-state index is -0.489. The van der Waals surface area contributed by atoms with Crippen LogP contribution in [-0.2, 0) is 4.79 Å². The summed E-state index contributed by atoms with van der Waals surface area (Å²) < 4.78 is 10.6. The van der Waals surface area contributed by atoms with E-state index in [2.05, 4.69) is 5.16 Å². The fourth-order valence-corrected chi connectivity index (χ4v) is 2.90. The second-order valence-corrected chi connectivity index (χ2v) is 5.83. The van der Waals surface area contributed by atoms with Gasteiger partial charge in [-0.05, 0) is 31.9 Å². The molecule has 0 spiro atoms. The van der Waals surface area contributed by atoms with Crippen molar-refractivity contribution in [1.82, 2.24) is 10.1 Å². The number of ether oxygens (including phenoxy) is 1. The minimum absolute atomic E-state index is 0.0203. The number of anilines is 1. The number of nitrogens with two attached hydrogens (primary N) is 1. The van der Waals surface area contributed by atoms with Crippen LogP contribution < -0.4 is 10.5 Å². The number of hydrogen-bond acceptors (Lipinski definition) is 5. The Kier molecular flexibility index (Phi) is 4.50. The van der Waals surface area contributed by atoms with Crippen molar-refractivity contribution in [2.45, 2.75) is 31.8 Å². The maximum absolute atomic E-state index is 12.5. The van der Waals surface area contributed by atoms with Crippen molar-refractivity contribution in [2.75, 3.05) is 18.8 Å². The van der Waals surface area contributed by atoms with E-state index >= 15 is 0 Å². The van der Waals surface area contributed by atoms with E-state index in [4.69, 9.17) is 15.0 Å². The first-order chi connectivity index (χ1) is 11.1. The maximum Gasteiger partial charge on any atom is 0.263 e. The third kappa shape index (κ3) is 3.64. The number of hydrogen-bond donors (Lipinski definition) is 1. The van der Waals surface area contributed by atoms with Crippen LogP contribution in [0.5, 0.6) is 5.75 Å². The maximum atomic E-state index is 12.5. The lowest BCUT2D eigenvalue weighted by atomic mass is 9.93. The van der Waals surface area contributed by atoms with Gasteiger partial charge in [-0.3, -0.25) is 4.79 Å². The van der Waals surface area contributed by atoms with Crippen LogP contribution in [0.3, 0.4) is 0 Å². The molecule has 1 atom stereocenters. The molecule has 0 aliphatic carbocycles. The number of rotatable bonds is 4. The Morgan fingerprint density at radius 2 is 2.04 bits per heavy atom. The molecule has 6 heteroatoms. The van der Waals surface area contributed by atoms with Crippen LogP contribution in [0.4, 0.5) is 5.88 Å². The Hall–Kier alpha value is -2.50. The highest BCUT2D eigenvalue weighted by Gasteiger charge is 2.28. The molecule has 122 valence electrons. The quantitative estimate of drug-likeness (QED) is 0.937. The number of carbonyl (C=O) groups excluding carboxylic acids is 1. The number of piperidine rings is 1. The van der Waals surface area contributed by atoms with E-state index in [1.54, 1.807) is 13.0 Å². The topological polar surface area (TPSA) is 81.6 Å². The number of benzene rings is 1. The summed E-state index contributed by atoms with van der Waals surface area (Å²) in [6, 6.07) is 11.2. The van der Waals surface area contributed by atoms with Crippen LogP contribution in [0.1, 0.15) is 31.4 Å². The van der Waals surface area contributed by atoms with E-state index in [0.29, 0.717) is 30.6 Å². The van der Waals surface area contributed by atoms with Crippen LogP contribution in [0.15, 0.2) is 40.9 Å². The molecule has 1 unspecified atom stereocenters. The zero-order valence-electron chi connectivity index (χ0n) is 13.1. The summed E-state index contributed by atoms with van der Waals surface area (Å²) in [6.07, 6.45) is 1.22. The van der Waals surface area contributed by atoms with Crippen molar-refractivity contribution in [3.8, 4) is 5.75 Å². The van der Waals surface area contributed by atoms with Crippen molar-refractivity contribution in [1.29, 1.82) is 0 Å². The largest absolute Gasteiger partial charge is 0.481 e. The lowest BCUT2D eigenvalue weighted by Gasteiger charge is -2.32. The van der Waals surface area contributed by atoms with Gasteiger partial charge in [0, 0.05) is 25.1 Å². The zero-order valence-corrected chi connectivity index (χ0v) is 13.1. The van der Waals surface area contributed by atoms with Crippen molar-refractivity contribution in [3.05, 3.63) is 42.1 Å².